The molecule has 2 rings (SSSR count). The molecule has 0 aromatic carbocycles. The molecule has 0 amide bonds. The molecular weight excluding hydrogens is 336 g/mol. The highest BCUT2D eigenvalue weighted by Gasteiger charge is 2.48. The van der Waals surface area contributed by atoms with Crippen LogP contribution in [0.1, 0.15) is 0 Å². The first-order valence-corrected chi connectivity index (χ1v) is 7.09. The molecule has 9 atom stereocenters. The lowest BCUT2D eigenvalue weighted by atomic mass is 9.98. The van der Waals surface area contributed by atoms with Crippen LogP contribution >= 0.6 is 0 Å². The maximum atomic E-state index is 9.24. The molecule has 0 aromatic rings. The molecule has 2 aliphatic heterocycles. The van der Waals surface area contributed by atoms with E-state index >= 15 is 0 Å². The lowest BCUT2D eigenvalue weighted by molar-refractivity contribution is -0.331. The maximum Gasteiger partial charge on any atom is 0.218 e. The summed E-state index contributed by atoms with van der Waals surface area (Å²) in [5, 5.41) is 89.6. The Balaban J connectivity index is 0.000000240. The van der Waals surface area contributed by atoms with E-state index in [0.717, 1.165) is 0 Å². The van der Waals surface area contributed by atoms with E-state index in [0.29, 0.717) is 0 Å². The van der Waals surface area contributed by atoms with Gasteiger partial charge in [-0.25, -0.2) is 0 Å². The Hall–Kier alpha value is -0.480. The largest absolute Gasteiger partial charge is 0.394 e. The van der Waals surface area contributed by atoms with Crippen molar-refractivity contribution in [1.29, 1.82) is 0 Å². The van der Waals surface area contributed by atoms with Gasteiger partial charge in [-0.3, -0.25) is 0 Å². The molecule has 2 saturated heterocycles. The van der Waals surface area contributed by atoms with E-state index in [2.05, 4.69) is 9.47 Å². The summed E-state index contributed by atoms with van der Waals surface area (Å²) in [5.41, 5.74) is 0. The van der Waals surface area contributed by atoms with Crippen molar-refractivity contribution >= 4 is 0 Å². The van der Waals surface area contributed by atoms with Crippen LogP contribution in [0.25, 0.3) is 0 Å². The number of hydrogen-bond acceptors (Lipinski definition) is 12. The molecule has 2 aliphatic rings. The lowest BCUT2D eigenvalue weighted by Gasteiger charge is -2.40. The van der Waals surface area contributed by atoms with Gasteiger partial charge in [-0.05, 0) is 0 Å². The zero-order valence-electron chi connectivity index (χ0n) is 12.5. The van der Waals surface area contributed by atoms with Gasteiger partial charge in [0.05, 0.1) is 19.8 Å². The Morgan fingerprint density at radius 2 is 1.42 bits per heavy atom. The topological polar surface area (TPSA) is 221 Å². The third kappa shape index (κ3) is 4.57. The smallest absolute Gasteiger partial charge is 0.218 e. The van der Waals surface area contributed by atoms with Gasteiger partial charge in [0.25, 0.3) is 0 Å². The molecule has 24 heavy (non-hydrogen) atoms. The van der Waals surface area contributed by atoms with E-state index < -0.39 is 68.0 Å². The lowest BCUT2D eigenvalue weighted by Crippen LogP contribution is -2.62. The van der Waals surface area contributed by atoms with Crippen LogP contribution in [0.3, 0.4) is 0 Å². The number of rotatable bonds is 2. The molecule has 0 radical (unpaired) electrons. The Kier molecular flexibility index (Phi) is 7.86. The van der Waals surface area contributed by atoms with Crippen LogP contribution in [0.4, 0.5) is 0 Å². The van der Waals surface area contributed by atoms with E-state index in [1.807, 2.05) is 0 Å². The fraction of sp³-hybridized carbons (Fsp3) is 1.00. The number of hydrogen-bond donors (Lipinski definition) is 10. The quantitative estimate of drug-likeness (QED) is 0.222. The van der Waals surface area contributed by atoms with Gasteiger partial charge in [0.1, 0.15) is 42.7 Å². The first kappa shape index (κ1) is 21.6. The molecular formula is C12H24O12. The zero-order chi connectivity index (χ0) is 18.7. The molecule has 0 spiro atoms. The summed E-state index contributed by atoms with van der Waals surface area (Å²) in [6, 6.07) is 0. The summed E-state index contributed by atoms with van der Waals surface area (Å²) in [6.45, 7) is -1.69. The van der Waals surface area contributed by atoms with Crippen LogP contribution in [0, 0.1) is 0 Å². The van der Waals surface area contributed by atoms with Gasteiger partial charge in [-0.2, -0.15) is 0 Å². The Morgan fingerprint density at radius 3 is 1.92 bits per heavy atom. The van der Waals surface area contributed by atoms with Gasteiger partial charge in [0.2, 0.25) is 5.79 Å². The zero-order valence-corrected chi connectivity index (χ0v) is 12.5. The first-order valence-electron chi connectivity index (χ1n) is 7.09. The predicted molar refractivity (Wildman–Crippen MR) is 72.0 cm³/mol. The van der Waals surface area contributed by atoms with Gasteiger partial charge in [-0.15, -0.1) is 0 Å². The molecule has 0 aliphatic carbocycles. The molecule has 1 unspecified atom stereocenters. The molecule has 2 heterocycles. The molecule has 0 saturated carbocycles. The molecule has 10 N–H and O–H groups in total. The van der Waals surface area contributed by atoms with Crippen molar-refractivity contribution in [2.45, 2.75) is 54.8 Å². The van der Waals surface area contributed by atoms with Crippen LogP contribution in [0.2, 0.25) is 0 Å². The average molecular weight is 360 g/mol. The standard InChI is InChI=1S/2C6H12O6/c7-2-6(11)5(10)4(9)3(8)1-12-6;7-1-2-3(8)4(9)5(10)6(11)12-2/h3-5,7-11H,1-2H2;2-11H,1H2/t3-,4-,5+,6+;2-,3-,4+,5-,6?/m11/s1. The molecule has 2 fully saturated rings. The average Bonchev–Trinajstić information content (AvgIpc) is 2.58. The highest BCUT2D eigenvalue weighted by molar-refractivity contribution is 4.91. The Morgan fingerprint density at radius 1 is 0.833 bits per heavy atom. The molecule has 0 aromatic heterocycles. The van der Waals surface area contributed by atoms with Crippen LogP contribution in [-0.4, -0.2) is 126 Å². The van der Waals surface area contributed by atoms with Gasteiger partial charge >= 0.3 is 0 Å². The van der Waals surface area contributed by atoms with Gasteiger partial charge in [-0.1, -0.05) is 0 Å². The second-order valence-corrected chi connectivity index (χ2v) is 5.54. The van der Waals surface area contributed by atoms with Crippen LogP contribution in [-0.2, 0) is 9.47 Å². The minimum atomic E-state index is -2.17. The summed E-state index contributed by atoms with van der Waals surface area (Å²) in [6.07, 6.45) is -11.5. The van der Waals surface area contributed by atoms with Crippen molar-refractivity contribution in [1.82, 2.24) is 0 Å². The summed E-state index contributed by atoms with van der Waals surface area (Å²) < 4.78 is 9.13. The van der Waals surface area contributed by atoms with Crippen molar-refractivity contribution in [3.63, 3.8) is 0 Å². The van der Waals surface area contributed by atoms with E-state index in [1.165, 1.54) is 0 Å². The summed E-state index contributed by atoms with van der Waals surface area (Å²) in [5.74, 6) is -2.17. The molecule has 12 nitrogen and oxygen atoms in total. The fourth-order valence-electron chi connectivity index (χ4n) is 2.11. The number of aliphatic hydroxyl groups excluding tert-OH is 9. The Labute approximate surface area is 136 Å². The second-order valence-electron chi connectivity index (χ2n) is 5.54. The van der Waals surface area contributed by atoms with Crippen LogP contribution < -0.4 is 0 Å². The van der Waals surface area contributed by atoms with Crippen molar-refractivity contribution in [3.8, 4) is 0 Å². The van der Waals surface area contributed by atoms with Crippen LogP contribution in [0.5, 0.6) is 0 Å². The van der Waals surface area contributed by atoms with Crippen molar-refractivity contribution in [3.05, 3.63) is 0 Å². The number of ether oxygens (including phenoxy) is 2. The number of aliphatic hydroxyl groups is 10. The highest BCUT2D eigenvalue weighted by atomic mass is 16.7. The Bertz CT molecular complexity index is 378. The van der Waals surface area contributed by atoms with Gasteiger partial charge in [0, 0.05) is 0 Å². The third-order valence-electron chi connectivity index (χ3n) is 3.78. The van der Waals surface area contributed by atoms with E-state index in [1.54, 1.807) is 0 Å². The van der Waals surface area contributed by atoms with Gasteiger partial charge in [0.15, 0.2) is 6.29 Å². The summed E-state index contributed by atoms with van der Waals surface area (Å²) >= 11 is 0. The van der Waals surface area contributed by atoms with Crippen LogP contribution in [0.15, 0.2) is 0 Å². The van der Waals surface area contributed by atoms with E-state index in [9.17, 15) is 5.11 Å². The highest BCUT2D eigenvalue weighted by Crippen LogP contribution is 2.23. The van der Waals surface area contributed by atoms with Crippen molar-refractivity contribution in [2.75, 3.05) is 19.8 Å². The summed E-state index contributed by atoms with van der Waals surface area (Å²) in [7, 11) is 0. The SMILES string of the molecule is OC[C@H]1OC(O)[C@H](O)[C@@H](O)[C@@H]1O.OC[C@]1(O)OC[C@@H](O)[C@@H](O)[C@@H]1O. The maximum absolute atomic E-state index is 9.24. The molecule has 144 valence electrons. The molecule has 12 heteroatoms. The van der Waals surface area contributed by atoms with E-state index in [-0.39, 0.29) is 6.61 Å². The fourth-order valence-corrected chi connectivity index (χ4v) is 2.11. The normalized spacial score (nSPS) is 49.2. The molecule has 0 bridgehead atoms. The van der Waals surface area contributed by atoms with Crippen molar-refractivity contribution < 1.29 is 60.5 Å². The van der Waals surface area contributed by atoms with Gasteiger partial charge < -0.3 is 60.5 Å². The third-order valence-corrected chi connectivity index (χ3v) is 3.78. The van der Waals surface area contributed by atoms with E-state index in [4.69, 9.17) is 46.0 Å². The minimum Gasteiger partial charge on any atom is -0.394 e. The summed E-state index contributed by atoms with van der Waals surface area (Å²) in [4.78, 5) is 0. The second kappa shape index (κ2) is 8.75. The minimum absolute atomic E-state index is 0.324. The monoisotopic (exact) mass is 360 g/mol. The first-order chi connectivity index (χ1) is 11.1. The predicted octanol–water partition coefficient (Wildman–Crippen LogP) is -6.44. The van der Waals surface area contributed by atoms with Crippen molar-refractivity contribution in [2.24, 2.45) is 0 Å².